The van der Waals surface area contributed by atoms with Gasteiger partial charge in [0.25, 0.3) is 11.6 Å². The van der Waals surface area contributed by atoms with Crippen LogP contribution >= 0.6 is 0 Å². The Morgan fingerprint density at radius 1 is 1.16 bits per heavy atom. The Kier molecular flexibility index (Phi) is 8.91. The molecular weight excluding hydrogens is 320 g/mol. The van der Waals surface area contributed by atoms with Crippen molar-refractivity contribution in [2.75, 3.05) is 45.2 Å². The van der Waals surface area contributed by atoms with Crippen LogP contribution in [0.2, 0.25) is 0 Å². The molecule has 0 fully saturated rings. The number of carbonyl (C=O) groups is 1. The van der Waals surface area contributed by atoms with E-state index in [1.807, 2.05) is 0 Å². The van der Waals surface area contributed by atoms with Crippen LogP contribution in [0.15, 0.2) is 18.2 Å². The van der Waals surface area contributed by atoms with Crippen molar-refractivity contribution >= 4 is 17.3 Å². The molecule has 0 aromatic heterocycles. The first-order valence-corrected chi connectivity index (χ1v) is 8.87. The van der Waals surface area contributed by atoms with Gasteiger partial charge in [0.15, 0.2) is 0 Å². The third-order valence-corrected chi connectivity index (χ3v) is 4.25. The van der Waals surface area contributed by atoms with Gasteiger partial charge >= 0.3 is 0 Å². The topological polar surface area (TPSA) is 78.7 Å². The molecule has 1 amide bonds. The van der Waals surface area contributed by atoms with Gasteiger partial charge in [-0.15, -0.1) is 0 Å². The van der Waals surface area contributed by atoms with Crippen LogP contribution in [0.25, 0.3) is 0 Å². The predicted octanol–water partition coefficient (Wildman–Crippen LogP) is 2.90. The van der Waals surface area contributed by atoms with E-state index in [4.69, 9.17) is 0 Å². The van der Waals surface area contributed by atoms with Gasteiger partial charge in [-0.3, -0.25) is 14.9 Å². The molecule has 0 aliphatic rings. The Balaban J connectivity index is 2.47. The molecule has 0 saturated heterocycles. The van der Waals surface area contributed by atoms with E-state index in [1.165, 1.54) is 6.07 Å². The smallest absolute Gasteiger partial charge is 0.293 e. The van der Waals surface area contributed by atoms with Crippen LogP contribution in [0, 0.1) is 10.1 Å². The molecule has 0 saturated carbocycles. The number of nitro benzene ring substituents is 1. The van der Waals surface area contributed by atoms with Crippen molar-refractivity contribution in [3.8, 4) is 0 Å². The lowest BCUT2D eigenvalue weighted by Gasteiger charge is -2.17. The van der Waals surface area contributed by atoms with Gasteiger partial charge in [0.2, 0.25) is 0 Å². The zero-order valence-corrected chi connectivity index (χ0v) is 15.7. The summed E-state index contributed by atoms with van der Waals surface area (Å²) in [6, 6.07) is 4.57. The SMILES string of the molecule is CCN(CC)CCCCCNC(=O)c1ccc(N(C)C)c([N+](=O)[O-])c1. The molecule has 1 N–H and O–H groups in total. The standard InChI is InChI=1S/C18H30N4O3/c1-5-21(6-2)13-9-7-8-12-19-18(23)15-10-11-16(20(3)4)17(14-15)22(24)25/h10-11,14H,5-9,12-13H2,1-4H3,(H,19,23). The Hall–Kier alpha value is -2.15. The summed E-state index contributed by atoms with van der Waals surface area (Å²) in [7, 11) is 3.47. The first kappa shape index (κ1) is 20.9. The molecule has 1 aromatic carbocycles. The Labute approximate surface area is 150 Å². The zero-order valence-electron chi connectivity index (χ0n) is 15.7. The van der Waals surface area contributed by atoms with Crippen LogP contribution in [0.1, 0.15) is 43.5 Å². The Morgan fingerprint density at radius 3 is 2.40 bits per heavy atom. The van der Waals surface area contributed by atoms with Crippen molar-refractivity contribution in [1.29, 1.82) is 0 Å². The van der Waals surface area contributed by atoms with E-state index in [9.17, 15) is 14.9 Å². The second-order valence-electron chi connectivity index (χ2n) is 6.20. The van der Waals surface area contributed by atoms with Crippen LogP contribution < -0.4 is 10.2 Å². The summed E-state index contributed by atoms with van der Waals surface area (Å²) in [6.07, 6.45) is 3.07. The van der Waals surface area contributed by atoms with E-state index in [1.54, 1.807) is 31.1 Å². The molecule has 25 heavy (non-hydrogen) atoms. The molecule has 7 heteroatoms. The highest BCUT2D eigenvalue weighted by Gasteiger charge is 2.18. The van der Waals surface area contributed by atoms with Crippen molar-refractivity contribution in [3.63, 3.8) is 0 Å². The second kappa shape index (κ2) is 10.7. The molecule has 7 nitrogen and oxygen atoms in total. The summed E-state index contributed by atoms with van der Waals surface area (Å²) in [5.74, 6) is -0.267. The molecule has 0 heterocycles. The molecule has 1 aromatic rings. The normalized spacial score (nSPS) is 10.8. The number of amides is 1. The minimum absolute atomic E-state index is 0.0585. The third kappa shape index (κ3) is 6.70. The fourth-order valence-electron chi connectivity index (χ4n) is 2.67. The number of nitrogens with zero attached hydrogens (tertiary/aromatic N) is 3. The molecule has 0 bridgehead atoms. The van der Waals surface area contributed by atoms with Crippen molar-refractivity contribution in [2.45, 2.75) is 33.1 Å². The summed E-state index contributed by atoms with van der Waals surface area (Å²) in [6.45, 7) is 8.11. The lowest BCUT2D eigenvalue weighted by atomic mass is 10.1. The molecule has 0 aliphatic carbocycles. The average Bonchev–Trinajstić information content (AvgIpc) is 2.60. The van der Waals surface area contributed by atoms with E-state index in [0.717, 1.165) is 38.9 Å². The molecular formula is C18H30N4O3. The molecule has 0 atom stereocenters. The molecule has 0 radical (unpaired) electrons. The lowest BCUT2D eigenvalue weighted by molar-refractivity contribution is -0.384. The highest BCUT2D eigenvalue weighted by Crippen LogP contribution is 2.27. The molecule has 0 spiro atoms. The summed E-state index contributed by atoms with van der Waals surface area (Å²) >= 11 is 0. The number of unbranched alkanes of at least 4 members (excludes halogenated alkanes) is 2. The number of hydrogen-bond acceptors (Lipinski definition) is 5. The number of benzene rings is 1. The van der Waals surface area contributed by atoms with Gasteiger partial charge in [-0.25, -0.2) is 0 Å². The van der Waals surface area contributed by atoms with Crippen LogP contribution in [0.4, 0.5) is 11.4 Å². The van der Waals surface area contributed by atoms with Gasteiger partial charge in [-0.1, -0.05) is 20.3 Å². The van der Waals surface area contributed by atoms with E-state index < -0.39 is 4.92 Å². The first-order valence-electron chi connectivity index (χ1n) is 8.87. The number of anilines is 1. The van der Waals surface area contributed by atoms with E-state index >= 15 is 0 Å². The molecule has 0 unspecified atom stereocenters. The number of rotatable bonds is 11. The lowest BCUT2D eigenvalue weighted by Crippen LogP contribution is -2.26. The van der Waals surface area contributed by atoms with Crippen molar-refractivity contribution in [2.24, 2.45) is 0 Å². The van der Waals surface area contributed by atoms with Crippen molar-refractivity contribution < 1.29 is 9.72 Å². The van der Waals surface area contributed by atoms with Gasteiger partial charge < -0.3 is 15.1 Å². The van der Waals surface area contributed by atoms with Gasteiger partial charge in [0, 0.05) is 32.3 Å². The average molecular weight is 350 g/mol. The summed E-state index contributed by atoms with van der Waals surface area (Å²) < 4.78 is 0. The molecule has 0 aliphatic heterocycles. The summed E-state index contributed by atoms with van der Waals surface area (Å²) in [5, 5.41) is 14.0. The monoisotopic (exact) mass is 350 g/mol. The third-order valence-electron chi connectivity index (χ3n) is 4.25. The number of carbonyl (C=O) groups excluding carboxylic acids is 1. The maximum atomic E-state index is 12.2. The summed E-state index contributed by atoms with van der Waals surface area (Å²) in [4.78, 5) is 26.9. The largest absolute Gasteiger partial charge is 0.372 e. The van der Waals surface area contributed by atoms with E-state index in [-0.39, 0.29) is 11.6 Å². The van der Waals surface area contributed by atoms with Crippen LogP contribution in [-0.4, -0.2) is 56.0 Å². The highest BCUT2D eigenvalue weighted by atomic mass is 16.6. The van der Waals surface area contributed by atoms with Crippen molar-refractivity contribution in [1.82, 2.24) is 10.2 Å². The van der Waals surface area contributed by atoms with Crippen LogP contribution in [0.5, 0.6) is 0 Å². The number of hydrogen-bond donors (Lipinski definition) is 1. The van der Waals surface area contributed by atoms with Gasteiger partial charge in [-0.2, -0.15) is 0 Å². The highest BCUT2D eigenvalue weighted by molar-refractivity contribution is 5.95. The van der Waals surface area contributed by atoms with Crippen LogP contribution in [0.3, 0.4) is 0 Å². The van der Waals surface area contributed by atoms with Crippen molar-refractivity contribution in [3.05, 3.63) is 33.9 Å². The quantitative estimate of drug-likeness (QED) is 0.377. The fourth-order valence-corrected chi connectivity index (χ4v) is 2.67. The molecule has 140 valence electrons. The maximum absolute atomic E-state index is 12.2. The van der Waals surface area contributed by atoms with Gasteiger partial charge in [0.1, 0.15) is 5.69 Å². The van der Waals surface area contributed by atoms with E-state index in [2.05, 4.69) is 24.1 Å². The fraction of sp³-hybridized carbons (Fsp3) is 0.611. The first-order chi connectivity index (χ1) is 11.9. The predicted molar refractivity (Wildman–Crippen MR) is 101 cm³/mol. The zero-order chi connectivity index (χ0) is 18.8. The minimum atomic E-state index is -0.459. The minimum Gasteiger partial charge on any atom is -0.372 e. The van der Waals surface area contributed by atoms with Crippen LogP contribution in [-0.2, 0) is 0 Å². The number of nitro groups is 1. The number of nitrogens with one attached hydrogen (secondary N) is 1. The van der Waals surface area contributed by atoms with Gasteiger partial charge in [0.05, 0.1) is 4.92 Å². The maximum Gasteiger partial charge on any atom is 0.293 e. The second-order valence-corrected chi connectivity index (χ2v) is 6.20. The Morgan fingerprint density at radius 2 is 1.84 bits per heavy atom. The Bertz CT molecular complexity index is 571. The van der Waals surface area contributed by atoms with Gasteiger partial charge in [-0.05, 0) is 44.6 Å². The van der Waals surface area contributed by atoms with E-state index in [0.29, 0.717) is 17.8 Å². The molecule has 1 rings (SSSR count). The summed E-state index contributed by atoms with van der Waals surface area (Å²) in [5.41, 5.74) is 0.746.